The number of ether oxygens (including phenoxy) is 2. The van der Waals surface area contributed by atoms with Crippen molar-refractivity contribution in [2.24, 2.45) is 0 Å². The number of aliphatic carboxylic acids is 1. The van der Waals surface area contributed by atoms with Gasteiger partial charge in [0, 0.05) is 6.42 Å². The molecule has 6 heteroatoms. The summed E-state index contributed by atoms with van der Waals surface area (Å²) in [5.41, 5.74) is -3.10. The third-order valence-electron chi connectivity index (χ3n) is 3.05. The van der Waals surface area contributed by atoms with Crippen molar-refractivity contribution >= 4 is 12.1 Å². The molecule has 1 saturated heterocycles. The van der Waals surface area contributed by atoms with Gasteiger partial charge in [0.05, 0.1) is 12.2 Å². The number of rotatable bonds is 2. The van der Waals surface area contributed by atoms with Gasteiger partial charge in [-0.1, -0.05) is 0 Å². The molecule has 0 aromatic carbocycles. The zero-order valence-corrected chi connectivity index (χ0v) is 11.5. The van der Waals surface area contributed by atoms with Gasteiger partial charge in [0.1, 0.15) is 5.60 Å². The second kappa shape index (κ2) is 4.42. The van der Waals surface area contributed by atoms with E-state index in [0.717, 1.165) is 0 Å². The fraction of sp³-hybridized carbons (Fsp3) is 0.833. The summed E-state index contributed by atoms with van der Waals surface area (Å²) >= 11 is 0. The summed E-state index contributed by atoms with van der Waals surface area (Å²) in [6.07, 6.45) is -0.530. The molecule has 1 aliphatic rings. The molecule has 0 aromatic rings. The fourth-order valence-corrected chi connectivity index (χ4v) is 1.99. The topological polar surface area (TPSA) is 84.9 Å². The van der Waals surface area contributed by atoms with Gasteiger partial charge in [-0.05, 0) is 34.6 Å². The highest BCUT2D eigenvalue weighted by atomic mass is 16.6. The van der Waals surface area contributed by atoms with E-state index < -0.39 is 28.8 Å². The Balaban J connectivity index is 2.89. The van der Waals surface area contributed by atoms with E-state index in [9.17, 15) is 14.7 Å². The largest absolute Gasteiger partial charge is 0.479 e. The maximum atomic E-state index is 11.8. The van der Waals surface area contributed by atoms with Gasteiger partial charge in [-0.2, -0.15) is 0 Å². The predicted molar refractivity (Wildman–Crippen MR) is 64.4 cm³/mol. The van der Waals surface area contributed by atoms with Crippen LogP contribution in [-0.2, 0) is 14.3 Å². The fourth-order valence-electron chi connectivity index (χ4n) is 1.99. The Bertz CT molecular complexity index is 358. The van der Waals surface area contributed by atoms with Crippen molar-refractivity contribution in [2.75, 3.05) is 6.61 Å². The molecule has 0 aliphatic carbocycles. The standard InChI is InChI=1S/C12H21NO5/c1-10(2,3)18-9(16)13-12(8(14)15)6-7-17-11(12,4)5/h6-7H2,1-5H3,(H,13,16)(H,14,15). The van der Waals surface area contributed by atoms with Gasteiger partial charge in [0.2, 0.25) is 0 Å². The SMILES string of the molecule is CC(C)(C)OC(=O)NC1(C(=O)O)CCOC1(C)C. The van der Waals surface area contributed by atoms with Crippen LogP contribution in [0.5, 0.6) is 0 Å². The smallest absolute Gasteiger partial charge is 0.408 e. The Hall–Kier alpha value is -1.30. The minimum atomic E-state index is -1.45. The number of carbonyl (C=O) groups excluding carboxylic acids is 1. The number of alkyl carbamates (subject to hydrolysis) is 1. The number of hydrogen-bond donors (Lipinski definition) is 2. The molecule has 1 unspecified atom stereocenters. The number of carboxylic acid groups (broad SMARTS) is 1. The quantitative estimate of drug-likeness (QED) is 0.785. The van der Waals surface area contributed by atoms with Crippen LogP contribution in [0.15, 0.2) is 0 Å². The van der Waals surface area contributed by atoms with Crippen molar-refractivity contribution in [3.05, 3.63) is 0 Å². The molecule has 104 valence electrons. The average Bonchev–Trinajstić information content (AvgIpc) is 2.39. The summed E-state index contributed by atoms with van der Waals surface area (Å²) in [5.74, 6) is -1.11. The molecule has 0 saturated carbocycles. The molecular weight excluding hydrogens is 238 g/mol. The molecule has 6 nitrogen and oxygen atoms in total. The van der Waals surface area contributed by atoms with E-state index >= 15 is 0 Å². The first-order chi connectivity index (χ1) is 8.00. The molecule has 0 bridgehead atoms. The van der Waals surface area contributed by atoms with Crippen molar-refractivity contribution in [3.8, 4) is 0 Å². The van der Waals surface area contributed by atoms with E-state index in [1.54, 1.807) is 34.6 Å². The summed E-state index contributed by atoms with van der Waals surface area (Å²) in [4.78, 5) is 23.2. The van der Waals surface area contributed by atoms with Crippen molar-refractivity contribution < 1.29 is 24.2 Å². The maximum Gasteiger partial charge on any atom is 0.408 e. The molecule has 1 aliphatic heterocycles. The molecule has 1 fully saturated rings. The van der Waals surface area contributed by atoms with Crippen LogP contribution in [0.4, 0.5) is 4.79 Å². The van der Waals surface area contributed by atoms with Crippen LogP contribution < -0.4 is 5.32 Å². The number of carboxylic acids is 1. The summed E-state index contributed by atoms with van der Waals surface area (Å²) in [6, 6.07) is 0. The lowest BCUT2D eigenvalue weighted by Crippen LogP contribution is -2.64. The first kappa shape index (κ1) is 14.8. The first-order valence-electron chi connectivity index (χ1n) is 5.89. The van der Waals surface area contributed by atoms with E-state index in [1.807, 2.05) is 0 Å². The van der Waals surface area contributed by atoms with E-state index in [0.29, 0.717) is 0 Å². The monoisotopic (exact) mass is 259 g/mol. The maximum absolute atomic E-state index is 11.8. The molecule has 18 heavy (non-hydrogen) atoms. The van der Waals surface area contributed by atoms with Gasteiger partial charge in [0.25, 0.3) is 0 Å². The molecule has 1 atom stereocenters. The average molecular weight is 259 g/mol. The Labute approximate surface area is 107 Å². The van der Waals surface area contributed by atoms with Crippen LogP contribution in [0.3, 0.4) is 0 Å². The Kier molecular flexibility index (Phi) is 3.63. The molecule has 1 amide bonds. The molecule has 0 radical (unpaired) electrons. The molecule has 0 spiro atoms. The second-order valence-electron chi connectivity index (χ2n) is 5.95. The zero-order chi connectivity index (χ0) is 14.2. The number of nitrogens with one attached hydrogen (secondary N) is 1. The molecule has 1 heterocycles. The van der Waals surface area contributed by atoms with Gasteiger partial charge >= 0.3 is 12.1 Å². The summed E-state index contributed by atoms with van der Waals surface area (Å²) in [5, 5.41) is 11.8. The molecule has 0 aromatic heterocycles. The Morgan fingerprint density at radius 3 is 2.22 bits per heavy atom. The lowest BCUT2D eigenvalue weighted by Gasteiger charge is -2.36. The van der Waals surface area contributed by atoms with E-state index in [4.69, 9.17) is 9.47 Å². The van der Waals surface area contributed by atoms with Crippen LogP contribution in [0, 0.1) is 0 Å². The van der Waals surface area contributed by atoms with Crippen LogP contribution in [0.2, 0.25) is 0 Å². The highest BCUT2D eigenvalue weighted by molar-refractivity contribution is 5.86. The van der Waals surface area contributed by atoms with Gasteiger partial charge in [-0.15, -0.1) is 0 Å². The molecular formula is C12H21NO5. The van der Waals surface area contributed by atoms with E-state index in [-0.39, 0.29) is 13.0 Å². The van der Waals surface area contributed by atoms with Gasteiger partial charge < -0.3 is 19.9 Å². The van der Waals surface area contributed by atoms with Crippen LogP contribution in [0.1, 0.15) is 41.0 Å². The van der Waals surface area contributed by atoms with Crippen LogP contribution in [-0.4, -0.2) is 40.5 Å². The highest BCUT2D eigenvalue weighted by Gasteiger charge is 2.57. The summed E-state index contributed by atoms with van der Waals surface area (Å²) in [6.45, 7) is 8.73. The van der Waals surface area contributed by atoms with Gasteiger partial charge in [-0.25, -0.2) is 9.59 Å². The van der Waals surface area contributed by atoms with E-state index in [1.165, 1.54) is 0 Å². The minimum absolute atomic E-state index is 0.217. The van der Waals surface area contributed by atoms with Gasteiger partial charge in [-0.3, -0.25) is 0 Å². The highest BCUT2D eigenvalue weighted by Crippen LogP contribution is 2.36. The van der Waals surface area contributed by atoms with Gasteiger partial charge in [0.15, 0.2) is 5.54 Å². The number of carbonyl (C=O) groups is 2. The summed E-state index contributed by atoms with van der Waals surface area (Å²) in [7, 11) is 0. The lowest BCUT2D eigenvalue weighted by molar-refractivity contribution is -0.151. The molecule has 2 N–H and O–H groups in total. The van der Waals surface area contributed by atoms with Crippen molar-refractivity contribution in [1.29, 1.82) is 0 Å². The van der Waals surface area contributed by atoms with Crippen molar-refractivity contribution in [2.45, 2.75) is 57.8 Å². The normalized spacial score (nSPS) is 26.7. The lowest BCUT2D eigenvalue weighted by atomic mass is 9.82. The van der Waals surface area contributed by atoms with Crippen LogP contribution >= 0.6 is 0 Å². The van der Waals surface area contributed by atoms with Crippen molar-refractivity contribution in [3.63, 3.8) is 0 Å². The van der Waals surface area contributed by atoms with E-state index in [2.05, 4.69) is 5.32 Å². The minimum Gasteiger partial charge on any atom is -0.479 e. The first-order valence-corrected chi connectivity index (χ1v) is 5.89. The number of hydrogen-bond acceptors (Lipinski definition) is 4. The van der Waals surface area contributed by atoms with Crippen LogP contribution in [0.25, 0.3) is 0 Å². The third-order valence-corrected chi connectivity index (χ3v) is 3.05. The second-order valence-corrected chi connectivity index (χ2v) is 5.95. The number of amides is 1. The predicted octanol–water partition coefficient (Wildman–Crippen LogP) is 1.53. The summed E-state index contributed by atoms with van der Waals surface area (Å²) < 4.78 is 10.5. The Morgan fingerprint density at radius 2 is 1.89 bits per heavy atom. The Morgan fingerprint density at radius 1 is 1.33 bits per heavy atom. The third kappa shape index (κ3) is 2.75. The molecule has 1 rings (SSSR count). The van der Waals surface area contributed by atoms with Crippen molar-refractivity contribution in [1.82, 2.24) is 5.32 Å². The zero-order valence-electron chi connectivity index (χ0n) is 11.5.